The number of ether oxygens (including phenoxy) is 1. The molecule has 0 bridgehead atoms. The topological polar surface area (TPSA) is 97.1 Å². The molecule has 1 fully saturated rings. The van der Waals surface area contributed by atoms with Gasteiger partial charge in [0.2, 0.25) is 5.95 Å². The first-order valence-electron chi connectivity index (χ1n) is 9.97. The predicted octanol–water partition coefficient (Wildman–Crippen LogP) is 4.37. The van der Waals surface area contributed by atoms with Crippen LogP contribution in [0, 0.1) is 0 Å². The van der Waals surface area contributed by atoms with E-state index in [0.29, 0.717) is 11.8 Å². The molecule has 0 spiro atoms. The summed E-state index contributed by atoms with van der Waals surface area (Å²) in [5.41, 5.74) is 2.50. The van der Waals surface area contributed by atoms with Crippen LogP contribution in [0.15, 0.2) is 60.8 Å². The van der Waals surface area contributed by atoms with E-state index in [9.17, 15) is 5.11 Å². The van der Waals surface area contributed by atoms with Crippen molar-refractivity contribution < 1.29 is 9.84 Å². The normalized spacial score (nSPS) is 14.7. The Bertz CT molecular complexity index is 1140. The third kappa shape index (κ3) is 3.77. The predicted molar refractivity (Wildman–Crippen MR) is 116 cm³/mol. The minimum atomic E-state index is 0.209. The summed E-state index contributed by atoms with van der Waals surface area (Å²) in [5.74, 6) is 1.35. The van der Waals surface area contributed by atoms with Crippen LogP contribution in [-0.4, -0.2) is 38.1 Å². The molecule has 5 rings (SSSR count). The molecule has 0 amide bonds. The summed E-state index contributed by atoms with van der Waals surface area (Å²) in [5, 5.41) is 21.7. The fourth-order valence-corrected chi connectivity index (χ4v) is 3.61. The number of para-hydroxylation sites is 1. The lowest BCUT2D eigenvalue weighted by Gasteiger charge is -2.22. The summed E-state index contributed by atoms with van der Waals surface area (Å²) in [4.78, 5) is 9.46. The molecule has 8 nitrogen and oxygen atoms in total. The van der Waals surface area contributed by atoms with Gasteiger partial charge in [-0.15, -0.1) is 0 Å². The van der Waals surface area contributed by atoms with E-state index in [0.717, 1.165) is 48.5 Å². The molecule has 3 heterocycles. The van der Waals surface area contributed by atoms with E-state index in [1.165, 1.54) is 0 Å². The maximum absolute atomic E-state index is 9.53. The standard InChI is InChI=1S/C22H22N6O2/c29-18-8-6-16(7-9-18)25-22-26-20(24-15-4-2-1-3-5-15)19-14-23-28(21(19)27-22)17-10-12-30-13-11-17/h1-9,14,17,29H,10-13H2,(H2,24,25,26,27). The molecule has 1 aliphatic rings. The van der Waals surface area contributed by atoms with E-state index in [1.54, 1.807) is 24.3 Å². The van der Waals surface area contributed by atoms with Gasteiger partial charge in [0.25, 0.3) is 0 Å². The Labute approximate surface area is 173 Å². The van der Waals surface area contributed by atoms with Crippen LogP contribution >= 0.6 is 0 Å². The number of fused-ring (bicyclic) bond motifs is 1. The third-order valence-electron chi connectivity index (χ3n) is 5.15. The van der Waals surface area contributed by atoms with Gasteiger partial charge < -0.3 is 20.5 Å². The molecule has 0 saturated carbocycles. The van der Waals surface area contributed by atoms with Crippen molar-refractivity contribution in [1.82, 2.24) is 19.7 Å². The van der Waals surface area contributed by atoms with Crippen molar-refractivity contribution in [2.75, 3.05) is 23.8 Å². The molecule has 0 aliphatic carbocycles. The summed E-state index contributed by atoms with van der Waals surface area (Å²) in [6, 6.07) is 17.0. The highest BCUT2D eigenvalue weighted by Crippen LogP contribution is 2.30. The average molecular weight is 402 g/mol. The van der Waals surface area contributed by atoms with Gasteiger partial charge >= 0.3 is 0 Å². The SMILES string of the molecule is Oc1ccc(Nc2nc(Nc3ccccc3)c3cnn(C4CCOCC4)c3n2)cc1. The van der Waals surface area contributed by atoms with E-state index < -0.39 is 0 Å². The van der Waals surface area contributed by atoms with Crippen molar-refractivity contribution in [3.8, 4) is 5.75 Å². The zero-order valence-electron chi connectivity index (χ0n) is 16.3. The van der Waals surface area contributed by atoms with Crippen LogP contribution in [0.5, 0.6) is 5.75 Å². The second kappa shape index (κ2) is 8.00. The first kappa shape index (κ1) is 18.4. The fourth-order valence-electron chi connectivity index (χ4n) is 3.61. The lowest BCUT2D eigenvalue weighted by atomic mass is 10.1. The molecule has 2 aromatic heterocycles. The Morgan fingerprint density at radius 3 is 2.40 bits per heavy atom. The van der Waals surface area contributed by atoms with E-state index in [4.69, 9.17) is 14.7 Å². The monoisotopic (exact) mass is 402 g/mol. The van der Waals surface area contributed by atoms with Crippen LogP contribution < -0.4 is 10.6 Å². The largest absolute Gasteiger partial charge is 0.508 e. The fraction of sp³-hybridized carbons (Fsp3) is 0.227. The lowest BCUT2D eigenvalue weighted by molar-refractivity contribution is 0.0673. The van der Waals surface area contributed by atoms with Crippen LogP contribution in [0.25, 0.3) is 11.0 Å². The van der Waals surface area contributed by atoms with Gasteiger partial charge in [0.05, 0.1) is 17.6 Å². The number of nitrogens with zero attached hydrogens (tertiary/aromatic N) is 4. The Kier molecular flexibility index (Phi) is 4.90. The van der Waals surface area contributed by atoms with Crippen molar-refractivity contribution in [2.45, 2.75) is 18.9 Å². The minimum absolute atomic E-state index is 0.209. The van der Waals surface area contributed by atoms with Gasteiger partial charge in [-0.1, -0.05) is 18.2 Å². The number of aromatic hydroxyl groups is 1. The zero-order chi connectivity index (χ0) is 20.3. The molecule has 2 aromatic carbocycles. The number of benzene rings is 2. The first-order valence-corrected chi connectivity index (χ1v) is 9.97. The van der Waals surface area contributed by atoms with Gasteiger partial charge in [-0.25, -0.2) is 4.68 Å². The number of nitrogens with one attached hydrogen (secondary N) is 2. The van der Waals surface area contributed by atoms with Crippen molar-refractivity contribution >= 4 is 34.2 Å². The molecule has 3 N–H and O–H groups in total. The maximum Gasteiger partial charge on any atom is 0.231 e. The summed E-state index contributed by atoms with van der Waals surface area (Å²) in [7, 11) is 0. The molecule has 0 unspecified atom stereocenters. The van der Waals surface area contributed by atoms with Gasteiger partial charge in [0.1, 0.15) is 11.6 Å². The Morgan fingerprint density at radius 1 is 0.900 bits per heavy atom. The highest BCUT2D eigenvalue weighted by atomic mass is 16.5. The Hall–Kier alpha value is -3.65. The summed E-state index contributed by atoms with van der Waals surface area (Å²) in [6.07, 6.45) is 3.63. The summed E-state index contributed by atoms with van der Waals surface area (Å²) < 4.78 is 7.49. The van der Waals surface area contributed by atoms with E-state index in [1.807, 2.05) is 41.2 Å². The number of phenolic OH excluding ortho intramolecular Hbond substituents is 1. The molecule has 0 atom stereocenters. The number of hydrogen-bond acceptors (Lipinski definition) is 7. The first-order chi connectivity index (χ1) is 14.8. The second-order valence-corrected chi connectivity index (χ2v) is 7.23. The Balaban J connectivity index is 1.57. The van der Waals surface area contributed by atoms with Crippen LogP contribution in [0.1, 0.15) is 18.9 Å². The molecule has 8 heteroatoms. The number of rotatable bonds is 5. The van der Waals surface area contributed by atoms with Gasteiger partial charge in [0, 0.05) is 24.6 Å². The molecule has 152 valence electrons. The van der Waals surface area contributed by atoms with Gasteiger partial charge in [0.15, 0.2) is 5.65 Å². The van der Waals surface area contributed by atoms with Gasteiger partial charge in [-0.3, -0.25) is 0 Å². The van der Waals surface area contributed by atoms with E-state index >= 15 is 0 Å². The van der Waals surface area contributed by atoms with Crippen LogP contribution in [0.3, 0.4) is 0 Å². The maximum atomic E-state index is 9.53. The second-order valence-electron chi connectivity index (χ2n) is 7.23. The van der Waals surface area contributed by atoms with Gasteiger partial charge in [-0.05, 0) is 49.2 Å². The molecule has 4 aromatic rings. The Morgan fingerprint density at radius 2 is 1.63 bits per heavy atom. The molecule has 1 aliphatic heterocycles. The van der Waals surface area contributed by atoms with Crippen LogP contribution in [0.2, 0.25) is 0 Å². The van der Waals surface area contributed by atoms with Crippen molar-refractivity contribution in [3.05, 3.63) is 60.8 Å². The zero-order valence-corrected chi connectivity index (χ0v) is 16.3. The van der Waals surface area contributed by atoms with E-state index in [2.05, 4.69) is 15.7 Å². The lowest BCUT2D eigenvalue weighted by Crippen LogP contribution is -2.20. The minimum Gasteiger partial charge on any atom is -0.508 e. The number of hydrogen-bond donors (Lipinski definition) is 3. The van der Waals surface area contributed by atoms with Crippen LogP contribution in [0.4, 0.5) is 23.1 Å². The van der Waals surface area contributed by atoms with Crippen molar-refractivity contribution in [1.29, 1.82) is 0 Å². The highest BCUT2D eigenvalue weighted by molar-refractivity contribution is 5.89. The highest BCUT2D eigenvalue weighted by Gasteiger charge is 2.21. The van der Waals surface area contributed by atoms with Crippen molar-refractivity contribution in [3.63, 3.8) is 0 Å². The van der Waals surface area contributed by atoms with Gasteiger partial charge in [-0.2, -0.15) is 15.1 Å². The quantitative estimate of drug-likeness (QED) is 0.427. The number of anilines is 4. The molecule has 30 heavy (non-hydrogen) atoms. The van der Waals surface area contributed by atoms with Crippen molar-refractivity contribution in [2.24, 2.45) is 0 Å². The number of aromatic nitrogens is 4. The van der Waals surface area contributed by atoms with Crippen LogP contribution in [-0.2, 0) is 4.74 Å². The van der Waals surface area contributed by atoms with E-state index in [-0.39, 0.29) is 11.8 Å². The number of phenols is 1. The average Bonchev–Trinajstić information content (AvgIpc) is 3.21. The molecule has 0 radical (unpaired) electrons. The molecular formula is C22H22N6O2. The molecular weight excluding hydrogens is 380 g/mol. The molecule has 1 saturated heterocycles. The summed E-state index contributed by atoms with van der Waals surface area (Å²) in [6.45, 7) is 1.45. The smallest absolute Gasteiger partial charge is 0.231 e. The third-order valence-corrected chi connectivity index (χ3v) is 5.15. The summed E-state index contributed by atoms with van der Waals surface area (Å²) >= 11 is 0.